The van der Waals surface area contributed by atoms with Crippen molar-refractivity contribution in [3.05, 3.63) is 66.2 Å². The number of rotatable bonds is 2. The minimum Gasteiger partial charge on any atom is -0.399 e. The number of benzene rings is 2. The van der Waals surface area contributed by atoms with E-state index in [-0.39, 0.29) is 5.56 Å². The van der Waals surface area contributed by atoms with E-state index in [1.165, 1.54) is 6.07 Å². The number of nitrogen functional groups attached to an aromatic ring is 1. The molecule has 102 valence electrons. The Labute approximate surface area is 120 Å². The van der Waals surface area contributed by atoms with Gasteiger partial charge in [-0.15, -0.1) is 0 Å². The van der Waals surface area contributed by atoms with Crippen LogP contribution in [0, 0.1) is 17.1 Å². The Balaban J connectivity index is 2.11. The molecule has 0 amide bonds. The normalized spacial score (nSPS) is 10.3. The summed E-state index contributed by atoms with van der Waals surface area (Å²) in [4.78, 5) is 4.27. The van der Waals surface area contributed by atoms with Crippen LogP contribution in [-0.4, -0.2) is 9.55 Å². The van der Waals surface area contributed by atoms with E-state index >= 15 is 0 Å². The van der Waals surface area contributed by atoms with Gasteiger partial charge in [-0.2, -0.15) is 5.26 Å². The summed E-state index contributed by atoms with van der Waals surface area (Å²) in [6.45, 7) is 0. The maximum absolute atomic E-state index is 14.1. The van der Waals surface area contributed by atoms with Gasteiger partial charge in [-0.1, -0.05) is 0 Å². The number of imidazole rings is 1. The number of hydrogen-bond donors (Lipinski definition) is 1. The first kappa shape index (κ1) is 12.9. The number of hydrogen-bond acceptors (Lipinski definition) is 3. The fraction of sp³-hybridized carbons (Fsp3) is 0. The lowest BCUT2D eigenvalue weighted by atomic mass is 10.1. The van der Waals surface area contributed by atoms with Gasteiger partial charge in [0.1, 0.15) is 11.6 Å². The molecule has 0 saturated heterocycles. The highest BCUT2D eigenvalue weighted by Gasteiger charge is 2.11. The second-order valence-electron chi connectivity index (χ2n) is 4.52. The summed E-state index contributed by atoms with van der Waals surface area (Å²) in [7, 11) is 0. The van der Waals surface area contributed by atoms with Gasteiger partial charge in [0.2, 0.25) is 0 Å². The van der Waals surface area contributed by atoms with Gasteiger partial charge in [-0.3, -0.25) is 4.57 Å². The van der Waals surface area contributed by atoms with Crippen LogP contribution in [0.2, 0.25) is 0 Å². The zero-order valence-electron chi connectivity index (χ0n) is 11.0. The highest BCUT2D eigenvalue weighted by atomic mass is 19.1. The minimum absolute atomic E-state index is 0.283. The Morgan fingerprint density at radius 3 is 2.57 bits per heavy atom. The highest BCUT2D eigenvalue weighted by molar-refractivity contribution is 5.61. The molecule has 0 radical (unpaired) electrons. The maximum Gasteiger partial charge on any atom is 0.148 e. The first-order chi connectivity index (χ1) is 10.2. The topological polar surface area (TPSA) is 67.6 Å². The van der Waals surface area contributed by atoms with Crippen molar-refractivity contribution in [3.63, 3.8) is 0 Å². The first-order valence-electron chi connectivity index (χ1n) is 6.28. The van der Waals surface area contributed by atoms with Crippen LogP contribution in [-0.2, 0) is 0 Å². The molecule has 1 aromatic heterocycles. The largest absolute Gasteiger partial charge is 0.399 e. The zero-order chi connectivity index (χ0) is 14.8. The van der Waals surface area contributed by atoms with Crippen LogP contribution in [0.5, 0.6) is 0 Å². The molecule has 1 heterocycles. The van der Waals surface area contributed by atoms with Crippen molar-refractivity contribution in [1.29, 1.82) is 5.26 Å². The molecule has 0 aliphatic heterocycles. The molecule has 0 unspecified atom stereocenters. The SMILES string of the molecule is N#Cc1ccc(-n2ccnc2-c2ccc(N)cc2)c(F)c1. The molecule has 0 fully saturated rings. The van der Waals surface area contributed by atoms with Crippen LogP contribution in [0.25, 0.3) is 17.1 Å². The molecule has 0 atom stereocenters. The van der Waals surface area contributed by atoms with Crippen molar-refractivity contribution in [2.45, 2.75) is 0 Å². The van der Waals surface area contributed by atoms with Crippen molar-refractivity contribution in [3.8, 4) is 23.1 Å². The minimum atomic E-state index is -0.469. The molecule has 0 saturated carbocycles. The average Bonchev–Trinajstić information content (AvgIpc) is 2.97. The van der Waals surface area contributed by atoms with Crippen LogP contribution in [0.3, 0.4) is 0 Å². The number of nitriles is 1. The lowest BCUT2D eigenvalue weighted by Crippen LogP contribution is -2.00. The molecule has 0 aliphatic carbocycles. The van der Waals surface area contributed by atoms with Crippen molar-refractivity contribution in [2.24, 2.45) is 0 Å². The summed E-state index contributed by atoms with van der Waals surface area (Å²) in [6.07, 6.45) is 3.28. The Kier molecular flexibility index (Phi) is 3.13. The van der Waals surface area contributed by atoms with Gasteiger partial charge in [0.05, 0.1) is 17.3 Å². The van der Waals surface area contributed by atoms with Gasteiger partial charge in [-0.25, -0.2) is 9.37 Å². The predicted octanol–water partition coefficient (Wildman–Crippen LogP) is 3.13. The van der Waals surface area contributed by atoms with E-state index in [4.69, 9.17) is 11.0 Å². The summed E-state index contributed by atoms with van der Waals surface area (Å²) in [5, 5.41) is 8.79. The molecule has 0 aliphatic rings. The van der Waals surface area contributed by atoms with E-state index in [0.29, 0.717) is 17.2 Å². The molecular weight excluding hydrogens is 267 g/mol. The quantitative estimate of drug-likeness (QED) is 0.732. The fourth-order valence-corrected chi connectivity index (χ4v) is 2.12. The summed E-state index contributed by atoms with van der Waals surface area (Å²) in [6, 6.07) is 13.5. The lowest BCUT2D eigenvalue weighted by Gasteiger charge is -2.09. The third kappa shape index (κ3) is 2.35. The van der Waals surface area contributed by atoms with E-state index in [0.717, 1.165) is 5.56 Å². The Morgan fingerprint density at radius 2 is 1.90 bits per heavy atom. The van der Waals surface area contributed by atoms with Gasteiger partial charge in [0.25, 0.3) is 0 Å². The second kappa shape index (κ2) is 5.10. The maximum atomic E-state index is 14.1. The summed E-state index contributed by atoms with van der Waals surface area (Å²) in [5.74, 6) is 0.141. The Morgan fingerprint density at radius 1 is 1.14 bits per heavy atom. The van der Waals surface area contributed by atoms with Crippen molar-refractivity contribution in [1.82, 2.24) is 9.55 Å². The molecule has 21 heavy (non-hydrogen) atoms. The Bertz CT molecular complexity index is 828. The van der Waals surface area contributed by atoms with Crippen LogP contribution < -0.4 is 5.73 Å². The molecule has 4 nitrogen and oxygen atoms in total. The average molecular weight is 278 g/mol. The molecule has 2 N–H and O–H groups in total. The van der Waals surface area contributed by atoms with Crippen LogP contribution in [0.1, 0.15) is 5.56 Å². The van der Waals surface area contributed by atoms with E-state index in [9.17, 15) is 4.39 Å². The predicted molar refractivity (Wildman–Crippen MR) is 78.1 cm³/mol. The Hall–Kier alpha value is -3.13. The van der Waals surface area contributed by atoms with Crippen molar-refractivity contribution in [2.75, 3.05) is 5.73 Å². The van der Waals surface area contributed by atoms with Crippen LogP contribution in [0.4, 0.5) is 10.1 Å². The highest BCUT2D eigenvalue weighted by Crippen LogP contribution is 2.24. The van der Waals surface area contributed by atoms with Gasteiger partial charge >= 0.3 is 0 Å². The lowest BCUT2D eigenvalue weighted by molar-refractivity contribution is 0.618. The van der Waals surface area contributed by atoms with Crippen molar-refractivity contribution >= 4 is 5.69 Å². The van der Waals surface area contributed by atoms with E-state index < -0.39 is 5.82 Å². The summed E-state index contributed by atoms with van der Waals surface area (Å²) >= 11 is 0. The molecular formula is C16H11FN4. The number of anilines is 1. The molecule has 3 aromatic rings. The van der Waals surface area contributed by atoms with Gasteiger partial charge in [0, 0.05) is 23.6 Å². The smallest absolute Gasteiger partial charge is 0.148 e. The number of halogens is 1. The second-order valence-corrected chi connectivity index (χ2v) is 4.52. The van der Waals surface area contributed by atoms with E-state index in [2.05, 4.69) is 4.98 Å². The third-order valence-electron chi connectivity index (χ3n) is 3.15. The van der Waals surface area contributed by atoms with Crippen LogP contribution >= 0.6 is 0 Å². The van der Waals surface area contributed by atoms with E-state index in [1.807, 2.05) is 18.2 Å². The molecule has 0 spiro atoms. The fourth-order valence-electron chi connectivity index (χ4n) is 2.12. The summed E-state index contributed by atoms with van der Waals surface area (Å²) < 4.78 is 15.8. The summed E-state index contributed by atoms with van der Waals surface area (Å²) in [5.41, 5.74) is 7.78. The molecule has 5 heteroatoms. The first-order valence-corrected chi connectivity index (χ1v) is 6.28. The molecule has 3 rings (SSSR count). The molecule has 0 bridgehead atoms. The monoisotopic (exact) mass is 278 g/mol. The van der Waals surface area contributed by atoms with Crippen molar-refractivity contribution < 1.29 is 4.39 Å². The van der Waals surface area contributed by atoms with E-state index in [1.54, 1.807) is 41.2 Å². The van der Waals surface area contributed by atoms with Gasteiger partial charge < -0.3 is 5.73 Å². The van der Waals surface area contributed by atoms with Crippen LogP contribution in [0.15, 0.2) is 54.9 Å². The standard InChI is InChI=1S/C16H11FN4/c17-14-9-11(10-18)1-6-15(14)21-8-7-20-16(21)12-2-4-13(19)5-3-12/h1-9H,19H2. The van der Waals surface area contributed by atoms with Gasteiger partial charge in [0.15, 0.2) is 0 Å². The third-order valence-corrected chi connectivity index (χ3v) is 3.15. The number of aromatic nitrogens is 2. The molecule has 2 aromatic carbocycles. The number of nitrogens with zero attached hydrogens (tertiary/aromatic N) is 3. The van der Waals surface area contributed by atoms with Gasteiger partial charge in [-0.05, 0) is 42.5 Å². The zero-order valence-corrected chi connectivity index (χ0v) is 11.0. The number of nitrogens with two attached hydrogens (primary N) is 1.